The van der Waals surface area contributed by atoms with E-state index in [1.165, 1.54) is 6.07 Å². The van der Waals surface area contributed by atoms with Gasteiger partial charge in [-0.2, -0.15) is 5.26 Å². The number of aromatic hydroxyl groups is 1. The Hall–Kier alpha value is -1.92. The van der Waals surface area contributed by atoms with Gasteiger partial charge in [0, 0.05) is 4.90 Å². The van der Waals surface area contributed by atoms with Crippen LogP contribution in [0.3, 0.4) is 0 Å². The minimum absolute atomic E-state index is 0.119. The monoisotopic (exact) mass is 241 g/mol. The Morgan fingerprint density at radius 3 is 2.65 bits per heavy atom. The molecule has 0 aliphatic heterocycles. The summed E-state index contributed by atoms with van der Waals surface area (Å²) >= 11 is 1.66. The predicted octanol–water partition coefficient (Wildman–Crippen LogP) is 3.65. The Balaban J connectivity index is 2.52. The van der Waals surface area contributed by atoms with E-state index in [1.807, 2.05) is 36.6 Å². The lowest BCUT2D eigenvalue weighted by Crippen LogP contribution is -1.81. The van der Waals surface area contributed by atoms with Crippen molar-refractivity contribution in [2.24, 2.45) is 0 Å². The lowest BCUT2D eigenvalue weighted by Gasteiger charge is -2.05. The van der Waals surface area contributed by atoms with Crippen LogP contribution in [-0.4, -0.2) is 11.4 Å². The van der Waals surface area contributed by atoms with E-state index in [9.17, 15) is 5.11 Å². The van der Waals surface area contributed by atoms with Gasteiger partial charge >= 0.3 is 0 Å². The molecule has 0 saturated carbocycles. The van der Waals surface area contributed by atoms with Crippen molar-refractivity contribution in [3.63, 3.8) is 0 Å². The van der Waals surface area contributed by atoms with E-state index >= 15 is 0 Å². The number of phenolic OH excluding ortho intramolecular Hbond substituents is 1. The van der Waals surface area contributed by atoms with Gasteiger partial charge in [-0.3, -0.25) is 0 Å². The molecular weight excluding hydrogens is 230 g/mol. The SMILES string of the molecule is CSc1cccc(-c2cc(O)cc(C#N)c2)c1. The van der Waals surface area contributed by atoms with Crippen LogP contribution in [0.2, 0.25) is 0 Å². The van der Waals surface area contributed by atoms with E-state index in [4.69, 9.17) is 5.26 Å². The molecule has 0 aliphatic rings. The zero-order valence-electron chi connectivity index (χ0n) is 9.34. The minimum Gasteiger partial charge on any atom is -0.508 e. The quantitative estimate of drug-likeness (QED) is 0.816. The van der Waals surface area contributed by atoms with Crippen LogP contribution in [0.1, 0.15) is 5.56 Å². The van der Waals surface area contributed by atoms with Crippen molar-refractivity contribution in [2.45, 2.75) is 4.90 Å². The number of phenols is 1. The largest absolute Gasteiger partial charge is 0.508 e. The zero-order chi connectivity index (χ0) is 12.3. The average Bonchev–Trinajstić information content (AvgIpc) is 2.38. The summed E-state index contributed by atoms with van der Waals surface area (Å²) in [5, 5.41) is 18.4. The van der Waals surface area contributed by atoms with Crippen molar-refractivity contribution in [2.75, 3.05) is 6.26 Å². The first kappa shape index (κ1) is 11.6. The van der Waals surface area contributed by atoms with Gasteiger partial charge in [0.15, 0.2) is 0 Å². The molecule has 0 unspecified atom stereocenters. The molecule has 2 nitrogen and oxygen atoms in total. The number of thioether (sulfide) groups is 1. The first-order chi connectivity index (χ1) is 8.22. The van der Waals surface area contributed by atoms with Crippen LogP contribution in [0, 0.1) is 11.3 Å². The van der Waals surface area contributed by atoms with E-state index in [-0.39, 0.29) is 5.75 Å². The standard InChI is InChI=1S/C14H11NOS/c1-17-14-4-2-3-11(8-14)12-5-10(9-15)6-13(16)7-12/h2-8,16H,1H3. The fraction of sp³-hybridized carbons (Fsp3) is 0.0714. The van der Waals surface area contributed by atoms with Crippen LogP contribution in [0.15, 0.2) is 47.4 Å². The Kier molecular flexibility index (Phi) is 3.36. The van der Waals surface area contributed by atoms with E-state index in [0.29, 0.717) is 5.56 Å². The summed E-state index contributed by atoms with van der Waals surface area (Å²) in [7, 11) is 0. The predicted molar refractivity (Wildman–Crippen MR) is 70.0 cm³/mol. The highest BCUT2D eigenvalue weighted by Crippen LogP contribution is 2.28. The van der Waals surface area contributed by atoms with E-state index < -0.39 is 0 Å². The minimum atomic E-state index is 0.119. The Morgan fingerprint density at radius 1 is 1.12 bits per heavy atom. The summed E-state index contributed by atoms with van der Waals surface area (Å²) in [5.41, 5.74) is 2.33. The molecule has 0 fully saturated rings. The van der Waals surface area contributed by atoms with Crippen LogP contribution in [0.4, 0.5) is 0 Å². The third-order valence-electron chi connectivity index (χ3n) is 2.45. The highest BCUT2D eigenvalue weighted by molar-refractivity contribution is 7.98. The van der Waals surface area contributed by atoms with Crippen LogP contribution in [0.5, 0.6) is 5.75 Å². The molecule has 2 rings (SSSR count). The molecule has 0 spiro atoms. The maximum atomic E-state index is 9.56. The first-order valence-corrected chi connectivity index (χ1v) is 6.34. The number of hydrogen-bond acceptors (Lipinski definition) is 3. The molecule has 3 heteroatoms. The van der Waals surface area contributed by atoms with Gasteiger partial charge in [0.2, 0.25) is 0 Å². The Bertz CT molecular complexity index is 587. The Labute approximate surface area is 105 Å². The normalized spacial score (nSPS) is 9.88. The molecular formula is C14H11NOS. The Morgan fingerprint density at radius 2 is 1.94 bits per heavy atom. The average molecular weight is 241 g/mol. The second-order valence-electron chi connectivity index (χ2n) is 3.61. The van der Waals surface area contributed by atoms with Crippen LogP contribution in [0.25, 0.3) is 11.1 Å². The van der Waals surface area contributed by atoms with Gasteiger partial charge in [-0.25, -0.2) is 0 Å². The van der Waals surface area contributed by atoms with Gasteiger partial charge in [-0.05, 0) is 47.7 Å². The van der Waals surface area contributed by atoms with Crippen molar-refractivity contribution >= 4 is 11.8 Å². The van der Waals surface area contributed by atoms with Gasteiger partial charge in [-0.15, -0.1) is 11.8 Å². The lowest BCUT2D eigenvalue weighted by molar-refractivity contribution is 0.475. The molecule has 0 bridgehead atoms. The van der Waals surface area contributed by atoms with Gasteiger partial charge in [-0.1, -0.05) is 12.1 Å². The summed E-state index contributed by atoms with van der Waals surface area (Å²) in [5.74, 6) is 0.119. The third-order valence-corrected chi connectivity index (χ3v) is 3.18. The van der Waals surface area contributed by atoms with Crippen molar-refractivity contribution in [1.82, 2.24) is 0 Å². The summed E-state index contributed by atoms with van der Waals surface area (Å²) in [6.45, 7) is 0. The molecule has 0 radical (unpaired) electrons. The fourth-order valence-electron chi connectivity index (χ4n) is 1.65. The summed E-state index contributed by atoms with van der Waals surface area (Å²) in [4.78, 5) is 1.16. The second-order valence-corrected chi connectivity index (χ2v) is 4.49. The molecule has 0 amide bonds. The number of rotatable bonds is 2. The van der Waals surface area contributed by atoms with E-state index in [2.05, 4.69) is 0 Å². The molecule has 2 aromatic carbocycles. The van der Waals surface area contributed by atoms with Gasteiger partial charge in [0.05, 0.1) is 11.6 Å². The van der Waals surface area contributed by atoms with E-state index in [1.54, 1.807) is 23.9 Å². The number of nitrogens with zero attached hydrogens (tertiary/aromatic N) is 1. The second kappa shape index (κ2) is 4.94. The number of benzene rings is 2. The number of hydrogen-bond donors (Lipinski definition) is 1. The van der Waals surface area contributed by atoms with Gasteiger partial charge in [0.1, 0.15) is 5.75 Å². The van der Waals surface area contributed by atoms with Gasteiger partial charge < -0.3 is 5.11 Å². The fourth-order valence-corrected chi connectivity index (χ4v) is 2.10. The molecule has 1 N–H and O–H groups in total. The van der Waals surface area contributed by atoms with E-state index in [0.717, 1.165) is 16.0 Å². The molecule has 0 saturated heterocycles. The topological polar surface area (TPSA) is 44.0 Å². The molecule has 0 heterocycles. The van der Waals surface area contributed by atoms with Crippen LogP contribution >= 0.6 is 11.8 Å². The summed E-state index contributed by atoms with van der Waals surface area (Å²) < 4.78 is 0. The highest BCUT2D eigenvalue weighted by atomic mass is 32.2. The molecule has 0 atom stereocenters. The molecule has 0 aliphatic carbocycles. The van der Waals surface area contributed by atoms with Crippen molar-refractivity contribution in [3.8, 4) is 22.9 Å². The molecule has 84 valence electrons. The summed E-state index contributed by atoms with van der Waals surface area (Å²) in [6, 6.07) is 15.0. The maximum absolute atomic E-state index is 9.56. The maximum Gasteiger partial charge on any atom is 0.117 e. The number of nitriles is 1. The van der Waals surface area contributed by atoms with Crippen LogP contribution < -0.4 is 0 Å². The van der Waals surface area contributed by atoms with Crippen molar-refractivity contribution in [3.05, 3.63) is 48.0 Å². The van der Waals surface area contributed by atoms with Crippen LogP contribution in [-0.2, 0) is 0 Å². The summed E-state index contributed by atoms with van der Waals surface area (Å²) in [6.07, 6.45) is 2.02. The smallest absolute Gasteiger partial charge is 0.117 e. The lowest BCUT2D eigenvalue weighted by atomic mass is 10.0. The zero-order valence-corrected chi connectivity index (χ0v) is 10.2. The molecule has 17 heavy (non-hydrogen) atoms. The molecule has 0 aromatic heterocycles. The van der Waals surface area contributed by atoms with Gasteiger partial charge in [0.25, 0.3) is 0 Å². The first-order valence-electron chi connectivity index (χ1n) is 5.11. The third kappa shape index (κ3) is 2.61. The van der Waals surface area contributed by atoms with Crippen molar-refractivity contribution < 1.29 is 5.11 Å². The molecule has 2 aromatic rings. The van der Waals surface area contributed by atoms with Crippen molar-refractivity contribution in [1.29, 1.82) is 5.26 Å². The highest BCUT2D eigenvalue weighted by Gasteiger charge is 2.03.